The number of amides is 1. The van der Waals surface area contributed by atoms with Crippen molar-refractivity contribution in [1.82, 2.24) is 4.90 Å². The molecule has 0 radical (unpaired) electrons. The van der Waals surface area contributed by atoms with E-state index >= 15 is 0 Å². The van der Waals surface area contributed by atoms with Crippen molar-refractivity contribution < 1.29 is 14.3 Å². The molecule has 0 aromatic heterocycles. The fourth-order valence-corrected chi connectivity index (χ4v) is 3.84. The monoisotopic (exact) mass is 346 g/mol. The Balaban J connectivity index is 2.10. The number of carbonyl (C=O) groups excluding carboxylic acids is 1. The molecule has 5 nitrogen and oxygen atoms in total. The molecule has 24 heavy (non-hydrogen) atoms. The van der Waals surface area contributed by atoms with Crippen molar-refractivity contribution >= 4 is 17.7 Å². The highest BCUT2D eigenvalue weighted by molar-refractivity contribution is 7.98. The number of hydrogen-bond acceptors (Lipinski definition) is 5. The highest BCUT2D eigenvalue weighted by Gasteiger charge is 2.49. The van der Waals surface area contributed by atoms with Crippen LogP contribution in [0.2, 0.25) is 0 Å². The highest BCUT2D eigenvalue weighted by Crippen LogP contribution is 2.46. The molecule has 1 amide bonds. The quantitative estimate of drug-likeness (QED) is 0.784. The number of thioether (sulfide) groups is 1. The molecule has 0 N–H and O–H groups in total. The summed E-state index contributed by atoms with van der Waals surface area (Å²) in [6, 6.07) is 7.36. The van der Waals surface area contributed by atoms with Gasteiger partial charge < -0.3 is 14.4 Å². The maximum atomic E-state index is 12.4. The Kier molecular flexibility index (Phi) is 4.75. The number of benzene rings is 1. The standard InChI is InChI=1S/C18H22N2O3S/c1-18(2)17(22-11-24-3)16(20-8-4-5-15(20)21)13-9-12(10-19)6-7-14(13)23-18/h6-7,9,16-17H,4-5,8,11H2,1-3H3/t16-,17+/m1/s1. The molecular formula is C18H22N2O3S. The molecule has 2 aliphatic rings. The molecular weight excluding hydrogens is 324 g/mol. The van der Waals surface area contributed by atoms with Gasteiger partial charge in [0.15, 0.2) is 0 Å². The molecule has 0 spiro atoms. The summed E-state index contributed by atoms with van der Waals surface area (Å²) in [6.07, 6.45) is 3.13. The van der Waals surface area contributed by atoms with Gasteiger partial charge in [0.25, 0.3) is 0 Å². The van der Waals surface area contributed by atoms with E-state index < -0.39 is 5.60 Å². The van der Waals surface area contributed by atoms with E-state index in [9.17, 15) is 10.1 Å². The fraction of sp³-hybridized carbons (Fsp3) is 0.556. The van der Waals surface area contributed by atoms with E-state index in [4.69, 9.17) is 9.47 Å². The highest BCUT2D eigenvalue weighted by atomic mass is 32.2. The van der Waals surface area contributed by atoms with Crippen LogP contribution in [0.4, 0.5) is 0 Å². The zero-order valence-electron chi connectivity index (χ0n) is 14.2. The second kappa shape index (κ2) is 6.66. The summed E-state index contributed by atoms with van der Waals surface area (Å²) < 4.78 is 12.3. The van der Waals surface area contributed by atoms with Crippen molar-refractivity contribution in [3.05, 3.63) is 29.3 Å². The van der Waals surface area contributed by atoms with E-state index in [1.807, 2.05) is 37.1 Å². The van der Waals surface area contributed by atoms with Gasteiger partial charge in [-0.1, -0.05) is 0 Å². The molecule has 0 bridgehead atoms. The largest absolute Gasteiger partial charge is 0.485 e. The average molecular weight is 346 g/mol. The van der Waals surface area contributed by atoms with E-state index in [-0.39, 0.29) is 18.1 Å². The summed E-state index contributed by atoms with van der Waals surface area (Å²) in [7, 11) is 0. The smallest absolute Gasteiger partial charge is 0.223 e. The molecule has 1 aromatic rings. The summed E-state index contributed by atoms with van der Waals surface area (Å²) in [6.45, 7) is 4.70. The zero-order chi connectivity index (χ0) is 17.3. The van der Waals surface area contributed by atoms with Crippen LogP contribution in [0, 0.1) is 11.3 Å². The van der Waals surface area contributed by atoms with Crippen molar-refractivity contribution in [3.8, 4) is 11.8 Å². The number of nitrogens with zero attached hydrogens (tertiary/aromatic N) is 2. The van der Waals surface area contributed by atoms with Crippen LogP contribution in [0.25, 0.3) is 0 Å². The second-order valence-corrected chi connectivity index (χ2v) is 7.51. The van der Waals surface area contributed by atoms with Gasteiger partial charge in [-0.05, 0) is 44.7 Å². The van der Waals surface area contributed by atoms with Crippen LogP contribution in [0.1, 0.15) is 43.9 Å². The summed E-state index contributed by atoms with van der Waals surface area (Å²) >= 11 is 1.60. The van der Waals surface area contributed by atoms with Gasteiger partial charge in [0, 0.05) is 18.5 Å². The molecule has 2 aliphatic heterocycles. The van der Waals surface area contributed by atoms with Gasteiger partial charge in [0.1, 0.15) is 17.5 Å². The lowest BCUT2D eigenvalue weighted by molar-refractivity contribution is -0.144. The molecule has 0 aliphatic carbocycles. The van der Waals surface area contributed by atoms with Crippen LogP contribution in [-0.4, -0.2) is 41.3 Å². The predicted molar refractivity (Wildman–Crippen MR) is 92.8 cm³/mol. The van der Waals surface area contributed by atoms with Crippen LogP contribution < -0.4 is 4.74 Å². The van der Waals surface area contributed by atoms with Crippen LogP contribution in [0.5, 0.6) is 5.75 Å². The van der Waals surface area contributed by atoms with Gasteiger partial charge >= 0.3 is 0 Å². The maximum absolute atomic E-state index is 12.4. The lowest BCUT2D eigenvalue weighted by Gasteiger charge is -2.47. The average Bonchev–Trinajstić information content (AvgIpc) is 2.97. The van der Waals surface area contributed by atoms with Gasteiger partial charge in [-0.3, -0.25) is 4.79 Å². The van der Waals surface area contributed by atoms with E-state index in [2.05, 4.69) is 6.07 Å². The predicted octanol–water partition coefficient (Wildman–Crippen LogP) is 3.10. The molecule has 128 valence electrons. The molecule has 2 atom stereocenters. The SMILES string of the molecule is CSCO[C@H]1[C@H](N2CCCC2=O)c2cc(C#N)ccc2OC1(C)C. The Morgan fingerprint density at radius 1 is 1.50 bits per heavy atom. The molecule has 1 fully saturated rings. The Hall–Kier alpha value is -1.71. The Morgan fingerprint density at radius 3 is 2.92 bits per heavy atom. The molecule has 1 aromatic carbocycles. The van der Waals surface area contributed by atoms with Crippen molar-refractivity contribution in [1.29, 1.82) is 5.26 Å². The molecule has 2 heterocycles. The first kappa shape index (κ1) is 17.1. The number of rotatable bonds is 4. The van der Waals surface area contributed by atoms with E-state index in [0.717, 1.165) is 24.3 Å². The van der Waals surface area contributed by atoms with Crippen LogP contribution in [-0.2, 0) is 9.53 Å². The van der Waals surface area contributed by atoms with Crippen LogP contribution in [0.3, 0.4) is 0 Å². The topological polar surface area (TPSA) is 62.6 Å². The molecule has 0 unspecified atom stereocenters. The molecule has 1 saturated heterocycles. The van der Waals surface area contributed by atoms with Crippen molar-refractivity contribution in [2.24, 2.45) is 0 Å². The Morgan fingerprint density at radius 2 is 2.29 bits per heavy atom. The fourth-order valence-electron chi connectivity index (χ4n) is 3.55. The van der Waals surface area contributed by atoms with E-state index in [1.165, 1.54) is 0 Å². The Labute approximate surface area is 146 Å². The van der Waals surface area contributed by atoms with Crippen molar-refractivity contribution in [2.45, 2.75) is 44.4 Å². The molecule has 3 rings (SSSR count). The van der Waals surface area contributed by atoms with Gasteiger partial charge in [0.2, 0.25) is 5.91 Å². The normalized spacial score (nSPS) is 25.1. The summed E-state index contributed by atoms with van der Waals surface area (Å²) in [5.41, 5.74) is 0.872. The number of nitriles is 1. The zero-order valence-corrected chi connectivity index (χ0v) is 15.1. The third-order valence-corrected chi connectivity index (χ3v) is 4.99. The minimum absolute atomic E-state index is 0.142. The second-order valence-electron chi connectivity index (χ2n) is 6.70. The first-order valence-electron chi connectivity index (χ1n) is 8.11. The van der Waals surface area contributed by atoms with Crippen molar-refractivity contribution in [3.63, 3.8) is 0 Å². The number of ether oxygens (including phenoxy) is 2. The maximum Gasteiger partial charge on any atom is 0.223 e. The first-order valence-corrected chi connectivity index (χ1v) is 9.50. The third-order valence-electron chi connectivity index (χ3n) is 4.61. The third kappa shape index (κ3) is 2.99. The van der Waals surface area contributed by atoms with E-state index in [0.29, 0.717) is 17.9 Å². The van der Waals surface area contributed by atoms with E-state index in [1.54, 1.807) is 17.8 Å². The number of fused-ring (bicyclic) bond motifs is 1. The number of likely N-dealkylation sites (tertiary alicyclic amines) is 1. The first-order chi connectivity index (χ1) is 11.5. The molecule has 6 heteroatoms. The van der Waals surface area contributed by atoms with Gasteiger partial charge in [-0.2, -0.15) is 5.26 Å². The van der Waals surface area contributed by atoms with Crippen LogP contribution >= 0.6 is 11.8 Å². The lowest BCUT2D eigenvalue weighted by Crippen LogP contribution is -2.55. The lowest BCUT2D eigenvalue weighted by atomic mass is 9.85. The number of carbonyl (C=O) groups is 1. The number of hydrogen-bond donors (Lipinski definition) is 0. The minimum Gasteiger partial charge on any atom is -0.485 e. The minimum atomic E-state index is -0.565. The molecule has 0 saturated carbocycles. The summed E-state index contributed by atoms with van der Waals surface area (Å²) in [5.74, 6) is 1.40. The van der Waals surface area contributed by atoms with Gasteiger partial charge in [0.05, 0.1) is 23.6 Å². The summed E-state index contributed by atoms with van der Waals surface area (Å²) in [5, 5.41) is 9.25. The van der Waals surface area contributed by atoms with Crippen molar-refractivity contribution in [2.75, 3.05) is 18.7 Å². The van der Waals surface area contributed by atoms with Gasteiger partial charge in [-0.15, -0.1) is 11.8 Å². The van der Waals surface area contributed by atoms with Gasteiger partial charge in [-0.25, -0.2) is 0 Å². The Bertz CT molecular complexity index is 683. The van der Waals surface area contributed by atoms with Crippen LogP contribution in [0.15, 0.2) is 18.2 Å². The summed E-state index contributed by atoms with van der Waals surface area (Å²) in [4.78, 5) is 14.3.